The minimum Gasteiger partial charge on any atom is -0.389 e. The van der Waals surface area contributed by atoms with Crippen LogP contribution in [0.2, 0.25) is 0 Å². The normalized spacial score (nSPS) is 32.5. The molecule has 0 aromatic heterocycles. The molecule has 0 saturated carbocycles. The van der Waals surface area contributed by atoms with Crippen LogP contribution < -0.4 is 5.32 Å². The van der Waals surface area contributed by atoms with Crippen LogP contribution >= 0.6 is 0 Å². The minimum atomic E-state index is -0.559. The Bertz CT molecular complexity index is 265. The molecule has 0 radical (unpaired) electrons. The van der Waals surface area contributed by atoms with Gasteiger partial charge in [0.05, 0.1) is 5.60 Å². The molecule has 3 nitrogen and oxygen atoms in total. The van der Waals surface area contributed by atoms with Gasteiger partial charge in [0, 0.05) is 25.2 Å². The van der Waals surface area contributed by atoms with Crippen LogP contribution in [0, 0.1) is 5.92 Å². The quantitative estimate of drug-likeness (QED) is 0.788. The SMILES string of the molecule is CC(C)CC(C)(O)CNC1CCN2CCCCC12. The van der Waals surface area contributed by atoms with Crippen LogP contribution in [0.3, 0.4) is 0 Å². The molecule has 0 aromatic carbocycles. The van der Waals surface area contributed by atoms with Gasteiger partial charge in [-0.1, -0.05) is 20.3 Å². The Balaban J connectivity index is 1.79. The first-order valence-corrected chi connectivity index (χ1v) is 7.68. The van der Waals surface area contributed by atoms with E-state index in [0.717, 1.165) is 19.0 Å². The molecule has 3 atom stereocenters. The number of hydrogen-bond acceptors (Lipinski definition) is 3. The number of nitrogens with zero attached hydrogens (tertiary/aromatic N) is 1. The molecular weight excluding hydrogens is 224 g/mol. The van der Waals surface area contributed by atoms with Crippen molar-refractivity contribution in [3.8, 4) is 0 Å². The van der Waals surface area contributed by atoms with Gasteiger partial charge in [-0.25, -0.2) is 0 Å². The Morgan fingerprint density at radius 3 is 2.78 bits per heavy atom. The van der Waals surface area contributed by atoms with Crippen LogP contribution in [-0.4, -0.2) is 47.3 Å². The average molecular weight is 254 g/mol. The fourth-order valence-electron chi connectivity index (χ4n) is 3.79. The summed E-state index contributed by atoms with van der Waals surface area (Å²) >= 11 is 0. The van der Waals surface area contributed by atoms with Crippen LogP contribution in [0.5, 0.6) is 0 Å². The Hall–Kier alpha value is -0.120. The second-order valence-electron chi connectivity index (χ2n) is 6.97. The maximum absolute atomic E-state index is 10.4. The zero-order chi connectivity index (χ0) is 13.2. The molecule has 2 aliphatic heterocycles. The number of fused-ring (bicyclic) bond motifs is 1. The molecule has 0 aliphatic carbocycles. The van der Waals surface area contributed by atoms with Gasteiger partial charge in [-0.15, -0.1) is 0 Å². The first-order valence-electron chi connectivity index (χ1n) is 7.68. The van der Waals surface area contributed by atoms with E-state index < -0.39 is 5.60 Å². The lowest BCUT2D eigenvalue weighted by molar-refractivity contribution is 0.0338. The lowest BCUT2D eigenvalue weighted by atomic mass is 9.93. The molecule has 0 bridgehead atoms. The van der Waals surface area contributed by atoms with E-state index in [1.807, 2.05) is 6.92 Å². The van der Waals surface area contributed by atoms with E-state index in [-0.39, 0.29) is 0 Å². The molecule has 2 heterocycles. The molecule has 106 valence electrons. The van der Waals surface area contributed by atoms with E-state index in [4.69, 9.17) is 0 Å². The number of piperidine rings is 1. The molecule has 2 fully saturated rings. The van der Waals surface area contributed by atoms with Gasteiger partial charge >= 0.3 is 0 Å². The van der Waals surface area contributed by atoms with Crippen LogP contribution in [0.25, 0.3) is 0 Å². The predicted molar refractivity (Wildman–Crippen MR) is 75.7 cm³/mol. The zero-order valence-corrected chi connectivity index (χ0v) is 12.3. The van der Waals surface area contributed by atoms with Gasteiger partial charge in [-0.3, -0.25) is 4.90 Å². The minimum absolute atomic E-state index is 0.552. The van der Waals surface area contributed by atoms with Crippen LogP contribution in [0.1, 0.15) is 52.9 Å². The van der Waals surface area contributed by atoms with Gasteiger partial charge in [-0.2, -0.15) is 0 Å². The number of nitrogens with one attached hydrogen (secondary N) is 1. The van der Waals surface area contributed by atoms with Crippen molar-refractivity contribution in [1.82, 2.24) is 10.2 Å². The third-order valence-corrected chi connectivity index (χ3v) is 4.45. The lowest BCUT2D eigenvalue weighted by Gasteiger charge is -2.34. The standard InChI is InChI=1S/C15H30N2O/c1-12(2)10-15(3,18)11-16-13-7-9-17-8-5-4-6-14(13)17/h12-14,16,18H,4-11H2,1-3H3. The summed E-state index contributed by atoms with van der Waals surface area (Å²) in [6, 6.07) is 1.33. The molecule has 18 heavy (non-hydrogen) atoms. The smallest absolute Gasteiger partial charge is 0.0746 e. The van der Waals surface area contributed by atoms with E-state index in [1.165, 1.54) is 38.8 Å². The van der Waals surface area contributed by atoms with Crippen molar-refractivity contribution in [3.63, 3.8) is 0 Å². The van der Waals surface area contributed by atoms with Crippen molar-refractivity contribution >= 4 is 0 Å². The average Bonchev–Trinajstić information content (AvgIpc) is 2.68. The monoisotopic (exact) mass is 254 g/mol. The fraction of sp³-hybridized carbons (Fsp3) is 1.00. The number of rotatable bonds is 5. The van der Waals surface area contributed by atoms with Gasteiger partial charge < -0.3 is 10.4 Å². The molecule has 0 spiro atoms. The Labute approximate surface area is 112 Å². The Morgan fingerprint density at radius 2 is 2.06 bits per heavy atom. The van der Waals surface area contributed by atoms with Gasteiger partial charge in [0.25, 0.3) is 0 Å². The van der Waals surface area contributed by atoms with E-state index >= 15 is 0 Å². The van der Waals surface area contributed by atoms with E-state index in [1.54, 1.807) is 0 Å². The van der Waals surface area contributed by atoms with Crippen LogP contribution in [0.15, 0.2) is 0 Å². The first-order chi connectivity index (χ1) is 8.48. The summed E-state index contributed by atoms with van der Waals surface area (Å²) in [5.74, 6) is 0.552. The molecule has 3 heteroatoms. The second-order valence-corrected chi connectivity index (χ2v) is 6.97. The highest BCUT2D eigenvalue weighted by Gasteiger charge is 2.36. The summed E-state index contributed by atoms with van der Waals surface area (Å²) in [6.45, 7) is 9.58. The third kappa shape index (κ3) is 3.69. The fourth-order valence-corrected chi connectivity index (χ4v) is 3.79. The summed E-state index contributed by atoms with van der Waals surface area (Å²) in [5.41, 5.74) is -0.559. The van der Waals surface area contributed by atoms with Crippen molar-refractivity contribution in [2.45, 2.75) is 70.6 Å². The highest BCUT2D eigenvalue weighted by atomic mass is 16.3. The second kappa shape index (κ2) is 5.89. The molecule has 2 saturated heterocycles. The molecule has 3 unspecified atom stereocenters. The third-order valence-electron chi connectivity index (χ3n) is 4.45. The Morgan fingerprint density at radius 1 is 1.28 bits per heavy atom. The molecule has 2 N–H and O–H groups in total. The van der Waals surface area contributed by atoms with Crippen molar-refractivity contribution in [2.75, 3.05) is 19.6 Å². The lowest BCUT2D eigenvalue weighted by Crippen LogP contribution is -2.49. The zero-order valence-electron chi connectivity index (χ0n) is 12.3. The topological polar surface area (TPSA) is 35.5 Å². The van der Waals surface area contributed by atoms with E-state index in [0.29, 0.717) is 12.0 Å². The molecule has 0 amide bonds. The van der Waals surface area contributed by atoms with Gasteiger partial charge in [0.15, 0.2) is 0 Å². The number of aliphatic hydroxyl groups is 1. The maximum atomic E-state index is 10.4. The number of hydrogen-bond donors (Lipinski definition) is 2. The maximum Gasteiger partial charge on any atom is 0.0746 e. The molecular formula is C15H30N2O. The summed E-state index contributed by atoms with van der Waals surface area (Å²) in [7, 11) is 0. The summed E-state index contributed by atoms with van der Waals surface area (Å²) in [5, 5.41) is 14.0. The highest BCUT2D eigenvalue weighted by Crippen LogP contribution is 2.27. The molecule has 0 aromatic rings. The van der Waals surface area contributed by atoms with Gasteiger partial charge in [-0.05, 0) is 45.1 Å². The van der Waals surface area contributed by atoms with Crippen LogP contribution in [0.4, 0.5) is 0 Å². The van der Waals surface area contributed by atoms with E-state index in [9.17, 15) is 5.11 Å². The van der Waals surface area contributed by atoms with Crippen molar-refractivity contribution < 1.29 is 5.11 Å². The Kier molecular flexibility index (Phi) is 4.68. The van der Waals surface area contributed by atoms with Crippen LogP contribution in [-0.2, 0) is 0 Å². The highest BCUT2D eigenvalue weighted by molar-refractivity contribution is 4.95. The largest absolute Gasteiger partial charge is 0.389 e. The summed E-state index contributed by atoms with van der Waals surface area (Å²) in [4.78, 5) is 2.64. The molecule has 2 aliphatic rings. The van der Waals surface area contributed by atoms with Gasteiger partial charge in [0.1, 0.15) is 0 Å². The first kappa shape index (κ1) is 14.3. The summed E-state index contributed by atoms with van der Waals surface area (Å²) < 4.78 is 0. The van der Waals surface area contributed by atoms with Crippen molar-refractivity contribution in [1.29, 1.82) is 0 Å². The van der Waals surface area contributed by atoms with Gasteiger partial charge in [0.2, 0.25) is 0 Å². The molecule has 2 rings (SSSR count). The van der Waals surface area contributed by atoms with E-state index in [2.05, 4.69) is 24.1 Å². The summed E-state index contributed by atoms with van der Waals surface area (Å²) in [6.07, 6.45) is 6.21. The predicted octanol–water partition coefficient (Wildman–Crippen LogP) is 2.00. The van der Waals surface area contributed by atoms with Crippen molar-refractivity contribution in [3.05, 3.63) is 0 Å². The van der Waals surface area contributed by atoms with Crippen molar-refractivity contribution in [2.24, 2.45) is 5.92 Å².